The summed E-state index contributed by atoms with van der Waals surface area (Å²) < 4.78 is 0. The van der Waals surface area contributed by atoms with Gasteiger partial charge in [0, 0.05) is 12.1 Å². The van der Waals surface area contributed by atoms with E-state index in [9.17, 15) is 4.79 Å². The maximum atomic E-state index is 11.9. The molecule has 2 aliphatic heterocycles. The summed E-state index contributed by atoms with van der Waals surface area (Å²) in [6.07, 6.45) is 5.02. The number of amides is 1. The van der Waals surface area contributed by atoms with Crippen molar-refractivity contribution >= 4 is 17.7 Å². The van der Waals surface area contributed by atoms with E-state index < -0.39 is 5.66 Å². The SMILES string of the molecule is O=C1CN2c3ccccc3CC2(/C=C/c2ccccc2)N1. The van der Waals surface area contributed by atoms with Crippen LogP contribution in [0.1, 0.15) is 11.1 Å². The number of nitrogens with one attached hydrogen (secondary N) is 1. The summed E-state index contributed by atoms with van der Waals surface area (Å²) in [4.78, 5) is 14.1. The van der Waals surface area contributed by atoms with Crippen LogP contribution in [0.4, 0.5) is 5.69 Å². The summed E-state index contributed by atoms with van der Waals surface area (Å²) in [6, 6.07) is 18.5. The third-order valence-electron chi connectivity index (χ3n) is 4.23. The molecule has 21 heavy (non-hydrogen) atoms. The highest BCUT2D eigenvalue weighted by Gasteiger charge is 2.48. The molecule has 2 aromatic rings. The summed E-state index contributed by atoms with van der Waals surface area (Å²) in [5.41, 5.74) is 3.18. The van der Waals surface area contributed by atoms with Crippen LogP contribution in [0.15, 0.2) is 60.7 Å². The number of hydrogen-bond acceptors (Lipinski definition) is 2. The van der Waals surface area contributed by atoms with E-state index in [2.05, 4.69) is 52.7 Å². The molecule has 1 N–H and O–H groups in total. The number of hydrogen-bond donors (Lipinski definition) is 1. The van der Waals surface area contributed by atoms with Crippen LogP contribution in [0, 0.1) is 0 Å². The Morgan fingerprint density at radius 1 is 1.05 bits per heavy atom. The number of carbonyl (C=O) groups excluding carboxylic acids is 1. The average Bonchev–Trinajstić information content (AvgIpc) is 2.98. The van der Waals surface area contributed by atoms with Crippen molar-refractivity contribution in [3.63, 3.8) is 0 Å². The molecule has 2 heterocycles. The van der Waals surface area contributed by atoms with Gasteiger partial charge in [0.25, 0.3) is 0 Å². The molecule has 1 atom stereocenters. The molecule has 1 fully saturated rings. The Labute approximate surface area is 123 Å². The summed E-state index contributed by atoms with van der Waals surface area (Å²) in [6.45, 7) is 0.427. The lowest BCUT2D eigenvalue weighted by molar-refractivity contribution is -0.118. The molecule has 1 saturated heterocycles. The average molecular weight is 276 g/mol. The molecule has 3 heteroatoms. The number of benzene rings is 2. The van der Waals surface area contributed by atoms with Gasteiger partial charge in [0.1, 0.15) is 5.66 Å². The first-order valence-electron chi connectivity index (χ1n) is 7.18. The number of nitrogens with zero attached hydrogens (tertiary/aromatic N) is 1. The first kappa shape index (κ1) is 12.2. The lowest BCUT2D eigenvalue weighted by Gasteiger charge is -2.29. The van der Waals surface area contributed by atoms with Crippen molar-refractivity contribution in [3.8, 4) is 0 Å². The highest BCUT2D eigenvalue weighted by atomic mass is 16.2. The van der Waals surface area contributed by atoms with Gasteiger partial charge in [-0.2, -0.15) is 0 Å². The molecule has 0 aliphatic carbocycles. The summed E-state index contributed by atoms with van der Waals surface area (Å²) in [5, 5.41) is 3.15. The largest absolute Gasteiger partial charge is 0.335 e. The van der Waals surface area contributed by atoms with E-state index in [4.69, 9.17) is 0 Å². The van der Waals surface area contributed by atoms with E-state index in [0.717, 1.165) is 17.7 Å². The zero-order valence-corrected chi connectivity index (χ0v) is 11.6. The number of para-hydroxylation sites is 1. The first-order valence-corrected chi connectivity index (χ1v) is 7.18. The van der Waals surface area contributed by atoms with Crippen LogP contribution in [-0.4, -0.2) is 18.1 Å². The molecule has 2 aliphatic rings. The van der Waals surface area contributed by atoms with Crippen LogP contribution >= 0.6 is 0 Å². The minimum absolute atomic E-state index is 0.0854. The van der Waals surface area contributed by atoms with Crippen molar-refractivity contribution in [1.29, 1.82) is 0 Å². The molecule has 0 radical (unpaired) electrons. The zero-order chi connectivity index (χ0) is 14.3. The van der Waals surface area contributed by atoms with Crippen molar-refractivity contribution in [1.82, 2.24) is 5.32 Å². The number of carbonyl (C=O) groups is 1. The lowest BCUT2D eigenvalue weighted by Crippen LogP contribution is -2.48. The maximum Gasteiger partial charge on any atom is 0.241 e. The molecule has 0 bridgehead atoms. The van der Waals surface area contributed by atoms with Crippen LogP contribution in [0.3, 0.4) is 0 Å². The molecule has 0 aromatic heterocycles. The van der Waals surface area contributed by atoms with Gasteiger partial charge in [-0.05, 0) is 23.3 Å². The zero-order valence-electron chi connectivity index (χ0n) is 11.6. The van der Waals surface area contributed by atoms with E-state index in [1.54, 1.807) is 0 Å². The van der Waals surface area contributed by atoms with Crippen molar-refractivity contribution in [2.24, 2.45) is 0 Å². The minimum atomic E-state index is -0.406. The van der Waals surface area contributed by atoms with Gasteiger partial charge < -0.3 is 10.2 Å². The summed E-state index contributed by atoms with van der Waals surface area (Å²) >= 11 is 0. The predicted molar refractivity (Wildman–Crippen MR) is 83.8 cm³/mol. The lowest BCUT2D eigenvalue weighted by atomic mass is 10.0. The fraction of sp³-hybridized carbons (Fsp3) is 0.167. The van der Waals surface area contributed by atoms with Gasteiger partial charge in [0.15, 0.2) is 0 Å². The van der Waals surface area contributed by atoms with E-state index in [-0.39, 0.29) is 5.91 Å². The molecule has 0 spiro atoms. The molecule has 2 aromatic carbocycles. The first-order chi connectivity index (χ1) is 10.3. The second-order valence-electron chi connectivity index (χ2n) is 5.61. The number of anilines is 1. The highest BCUT2D eigenvalue weighted by Crippen LogP contribution is 2.40. The third-order valence-corrected chi connectivity index (χ3v) is 4.23. The van der Waals surface area contributed by atoms with Crippen LogP contribution in [0.2, 0.25) is 0 Å². The Morgan fingerprint density at radius 3 is 2.67 bits per heavy atom. The minimum Gasteiger partial charge on any atom is -0.335 e. The Morgan fingerprint density at radius 2 is 1.81 bits per heavy atom. The smallest absolute Gasteiger partial charge is 0.241 e. The van der Waals surface area contributed by atoms with Gasteiger partial charge >= 0.3 is 0 Å². The fourth-order valence-electron chi connectivity index (χ4n) is 3.28. The molecule has 4 rings (SSSR count). The normalized spacial score (nSPS) is 23.2. The van der Waals surface area contributed by atoms with Gasteiger partial charge in [-0.3, -0.25) is 4.79 Å². The summed E-state index contributed by atoms with van der Waals surface area (Å²) in [5.74, 6) is 0.0854. The van der Waals surface area contributed by atoms with Crippen LogP contribution in [0.5, 0.6) is 0 Å². The van der Waals surface area contributed by atoms with Gasteiger partial charge in [0.2, 0.25) is 5.91 Å². The van der Waals surface area contributed by atoms with E-state index in [1.165, 1.54) is 5.56 Å². The number of fused-ring (bicyclic) bond motifs is 3. The molecular formula is C18H16N2O. The molecule has 104 valence electrons. The third kappa shape index (κ3) is 1.93. The molecule has 1 amide bonds. The van der Waals surface area contributed by atoms with Crippen molar-refractivity contribution in [3.05, 3.63) is 71.8 Å². The molecule has 3 nitrogen and oxygen atoms in total. The second kappa shape index (κ2) is 4.48. The van der Waals surface area contributed by atoms with Gasteiger partial charge in [-0.25, -0.2) is 0 Å². The standard InChI is InChI=1S/C18H16N2O/c21-17-13-20-16-9-5-4-8-15(16)12-18(20,19-17)11-10-14-6-2-1-3-7-14/h1-11H,12-13H2,(H,19,21)/b11-10+. The Bertz CT molecular complexity index is 723. The predicted octanol–water partition coefficient (Wildman–Crippen LogP) is 2.59. The fourth-order valence-corrected chi connectivity index (χ4v) is 3.28. The molecule has 1 unspecified atom stereocenters. The van der Waals surface area contributed by atoms with Gasteiger partial charge in [-0.1, -0.05) is 54.6 Å². The van der Waals surface area contributed by atoms with Gasteiger partial charge in [0.05, 0.1) is 6.54 Å². The Kier molecular flexibility index (Phi) is 2.61. The summed E-state index contributed by atoms with van der Waals surface area (Å²) in [7, 11) is 0. The molecule has 0 saturated carbocycles. The van der Waals surface area contributed by atoms with E-state index >= 15 is 0 Å². The quantitative estimate of drug-likeness (QED) is 0.914. The van der Waals surface area contributed by atoms with Crippen molar-refractivity contribution < 1.29 is 4.79 Å². The maximum absolute atomic E-state index is 11.9. The van der Waals surface area contributed by atoms with Crippen molar-refractivity contribution in [2.75, 3.05) is 11.4 Å². The Balaban J connectivity index is 1.73. The van der Waals surface area contributed by atoms with Gasteiger partial charge in [-0.15, -0.1) is 0 Å². The topological polar surface area (TPSA) is 32.3 Å². The highest BCUT2D eigenvalue weighted by molar-refractivity contribution is 5.90. The van der Waals surface area contributed by atoms with Crippen molar-refractivity contribution in [2.45, 2.75) is 12.1 Å². The van der Waals surface area contributed by atoms with Crippen LogP contribution in [-0.2, 0) is 11.2 Å². The molecular weight excluding hydrogens is 260 g/mol. The van der Waals surface area contributed by atoms with E-state index in [0.29, 0.717) is 6.54 Å². The monoisotopic (exact) mass is 276 g/mol. The van der Waals surface area contributed by atoms with E-state index in [1.807, 2.05) is 24.3 Å². The van der Waals surface area contributed by atoms with Crippen LogP contribution in [0.25, 0.3) is 6.08 Å². The Hall–Kier alpha value is -2.55. The second-order valence-corrected chi connectivity index (χ2v) is 5.61. The van der Waals surface area contributed by atoms with Crippen LogP contribution < -0.4 is 10.2 Å². The number of rotatable bonds is 2.